The summed E-state index contributed by atoms with van der Waals surface area (Å²) in [5.74, 6) is -2.81. The van der Waals surface area contributed by atoms with Gasteiger partial charge in [-0.15, -0.1) is 5.10 Å². The molecule has 376 valence electrons. The zero-order valence-corrected chi connectivity index (χ0v) is 43.7. The van der Waals surface area contributed by atoms with E-state index in [0.29, 0.717) is 45.4 Å². The van der Waals surface area contributed by atoms with Crippen LogP contribution in [0.1, 0.15) is 97.6 Å². The van der Waals surface area contributed by atoms with Gasteiger partial charge in [-0.1, -0.05) is 99.9 Å². The number of carbonyl (C=O) groups excluding carboxylic acids is 2. The fourth-order valence-electron chi connectivity index (χ4n) is 9.53. The van der Waals surface area contributed by atoms with Crippen molar-refractivity contribution < 1.29 is 44.2 Å². The Bertz CT molecular complexity index is 2060. The van der Waals surface area contributed by atoms with Crippen LogP contribution in [0, 0.1) is 27.2 Å². The monoisotopic (exact) mass is 1060 g/mol. The molecule has 1 saturated heterocycles. The standard InChI is InChI=1S/C53H78IN5O9/c1-9-11-12-13-38-15-19-40(20-16-38)44-32-59(56-55-44)27-26-58(31-39-17-21-43(54)22-18-39)25-24-41-29-35(4)45(61)23-14-34(3)28-42(33-60)47(10-2)67-48(63)30-46(62)36(5)52(41)68-53-51(65)49(57(7)8)50(64)37(6)66-53/h14-23,28,32,35-37,41-42,46-47,49-53,60,62,64-65H,9-13,24-27,29-31,33H2,1-8H3/b23-14+,34-28+/t35-,36+,37-,41+,42-,46-,47-,49?,50-,51?,52-,53+/m1/s1. The highest BCUT2D eigenvalue weighted by atomic mass is 127. The molecule has 0 amide bonds. The Morgan fingerprint density at radius 3 is 2.29 bits per heavy atom. The topological polar surface area (TPSA) is 180 Å². The lowest BCUT2D eigenvalue weighted by atomic mass is 9.79. The average molecular weight is 1060 g/mol. The highest BCUT2D eigenvalue weighted by Gasteiger charge is 2.47. The summed E-state index contributed by atoms with van der Waals surface area (Å²) in [6, 6.07) is 16.3. The Morgan fingerprint density at radius 2 is 1.63 bits per heavy atom. The third-order valence-electron chi connectivity index (χ3n) is 13.8. The lowest BCUT2D eigenvalue weighted by molar-refractivity contribution is -0.304. The van der Waals surface area contributed by atoms with Crippen LogP contribution in [0.3, 0.4) is 0 Å². The highest BCUT2D eigenvalue weighted by Crippen LogP contribution is 2.35. The van der Waals surface area contributed by atoms with Gasteiger partial charge in [0, 0.05) is 40.0 Å². The van der Waals surface area contributed by atoms with Crippen molar-refractivity contribution in [1.29, 1.82) is 0 Å². The van der Waals surface area contributed by atoms with Crippen molar-refractivity contribution in [3.8, 4) is 11.3 Å². The number of rotatable bonds is 18. The molecular weight excluding hydrogens is 978 g/mol. The summed E-state index contributed by atoms with van der Waals surface area (Å²) in [4.78, 5) is 31.7. The van der Waals surface area contributed by atoms with Gasteiger partial charge >= 0.3 is 5.97 Å². The van der Waals surface area contributed by atoms with Crippen molar-refractivity contribution in [2.45, 2.75) is 155 Å². The third kappa shape index (κ3) is 16.1. The molecule has 0 spiro atoms. The first kappa shape index (κ1) is 55.5. The number of likely N-dealkylation sites (N-methyl/N-ethyl adjacent to an activating group) is 1. The van der Waals surface area contributed by atoms with Crippen LogP contribution in [0.5, 0.6) is 0 Å². The van der Waals surface area contributed by atoms with E-state index in [1.807, 2.05) is 44.6 Å². The molecule has 0 saturated carbocycles. The predicted octanol–water partition coefficient (Wildman–Crippen LogP) is 7.00. The van der Waals surface area contributed by atoms with E-state index in [1.165, 1.54) is 24.8 Å². The van der Waals surface area contributed by atoms with Gasteiger partial charge in [0.15, 0.2) is 12.1 Å². The van der Waals surface area contributed by atoms with Crippen LogP contribution in [-0.4, -0.2) is 140 Å². The molecule has 4 N–H and O–H groups in total. The summed E-state index contributed by atoms with van der Waals surface area (Å²) >= 11 is 2.31. The zero-order valence-electron chi connectivity index (χ0n) is 41.5. The Hall–Kier alpha value is -3.39. The Kier molecular flexibility index (Phi) is 22.3. The van der Waals surface area contributed by atoms with Crippen LogP contribution in [0.15, 0.2) is 78.5 Å². The van der Waals surface area contributed by atoms with E-state index < -0.39 is 78.6 Å². The summed E-state index contributed by atoms with van der Waals surface area (Å²) in [5.41, 5.74) is 5.01. The number of aliphatic hydroxyl groups is 4. The number of carbonyl (C=O) groups is 2. The van der Waals surface area contributed by atoms with Crippen LogP contribution in [0.25, 0.3) is 11.3 Å². The van der Waals surface area contributed by atoms with Gasteiger partial charge < -0.3 is 39.5 Å². The van der Waals surface area contributed by atoms with Gasteiger partial charge in [0.2, 0.25) is 0 Å². The van der Waals surface area contributed by atoms with Crippen molar-refractivity contribution >= 4 is 34.3 Å². The number of allylic oxidation sites excluding steroid dienone is 3. The molecule has 15 heteroatoms. The van der Waals surface area contributed by atoms with Gasteiger partial charge in [-0.3, -0.25) is 19.2 Å². The maximum atomic E-state index is 14.0. The largest absolute Gasteiger partial charge is 0.462 e. The van der Waals surface area contributed by atoms with E-state index in [0.717, 1.165) is 32.4 Å². The molecule has 2 unspecified atom stereocenters. The molecule has 1 fully saturated rings. The van der Waals surface area contributed by atoms with Gasteiger partial charge in [0.05, 0.1) is 56.2 Å². The van der Waals surface area contributed by atoms with E-state index in [-0.39, 0.29) is 18.8 Å². The summed E-state index contributed by atoms with van der Waals surface area (Å²) in [6.45, 7) is 13.5. The molecule has 12 atom stereocenters. The van der Waals surface area contributed by atoms with E-state index in [1.54, 1.807) is 38.1 Å². The Morgan fingerprint density at radius 1 is 0.926 bits per heavy atom. The number of aliphatic hydroxyl groups excluding tert-OH is 4. The number of hydrogen-bond acceptors (Lipinski definition) is 13. The van der Waals surface area contributed by atoms with Gasteiger partial charge in [-0.05, 0) is 124 Å². The smallest absolute Gasteiger partial charge is 0.308 e. The summed E-state index contributed by atoms with van der Waals surface area (Å²) in [5, 5.41) is 54.2. The number of cyclic esters (lactones) is 1. The first-order valence-electron chi connectivity index (χ1n) is 24.7. The van der Waals surface area contributed by atoms with Gasteiger partial charge in [-0.2, -0.15) is 0 Å². The number of ketones is 1. The fraction of sp³-hybridized carbons (Fsp3) is 0.623. The summed E-state index contributed by atoms with van der Waals surface area (Å²) in [7, 11) is 3.55. The first-order chi connectivity index (χ1) is 32.5. The minimum atomic E-state index is -1.27. The van der Waals surface area contributed by atoms with E-state index in [2.05, 4.69) is 93.3 Å². The minimum Gasteiger partial charge on any atom is -0.462 e. The number of esters is 1. The van der Waals surface area contributed by atoms with Gasteiger partial charge in [0.25, 0.3) is 0 Å². The molecule has 0 aliphatic carbocycles. The summed E-state index contributed by atoms with van der Waals surface area (Å²) in [6.07, 6.45) is 5.80. The summed E-state index contributed by atoms with van der Waals surface area (Å²) < 4.78 is 22.0. The van der Waals surface area contributed by atoms with Crippen molar-refractivity contribution in [3.63, 3.8) is 0 Å². The van der Waals surface area contributed by atoms with Gasteiger partial charge in [0.1, 0.15) is 17.9 Å². The number of benzene rings is 2. The van der Waals surface area contributed by atoms with Crippen LogP contribution < -0.4 is 0 Å². The molecule has 3 heterocycles. The molecule has 2 aliphatic rings. The molecule has 3 aromatic rings. The van der Waals surface area contributed by atoms with Crippen molar-refractivity contribution in [1.82, 2.24) is 24.8 Å². The molecule has 0 radical (unpaired) electrons. The second-order valence-corrected chi connectivity index (χ2v) is 20.7. The molecule has 2 aromatic carbocycles. The minimum absolute atomic E-state index is 0.0944. The maximum absolute atomic E-state index is 14.0. The number of unbranched alkanes of at least 4 members (excludes halogenated alkanes) is 2. The van der Waals surface area contributed by atoms with E-state index in [4.69, 9.17) is 14.2 Å². The quantitative estimate of drug-likeness (QED) is 0.0582. The molecule has 0 bridgehead atoms. The Balaban J connectivity index is 1.48. The lowest BCUT2D eigenvalue weighted by Crippen LogP contribution is -2.63. The average Bonchev–Trinajstić information content (AvgIpc) is 3.80. The van der Waals surface area contributed by atoms with Crippen molar-refractivity contribution in [2.75, 3.05) is 33.8 Å². The van der Waals surface area contributed by atoms with Crippen LogP contribution >= 0.6 is 22.6 Å². The second kappa shape index (κ2) is 27.3. The van der Waals surface area contributed by atoms with Crippen LogP contribution in [-0.2, 0) is 43.3 Å². The lowest BCUT2D eigenvalue weighted by Gasteiger charge is -2.46. The molecule has 68 heavy (non-hydrogen) atoms. The SMILES string of the molecule is CCCCCc1ccc(-c2cn(CCN(CC[C@H]3C[C@@H](C)C(=O)/C=C/C(C)=C/[C@H](CO)[C@@H](CC)OC(=O)C[C@@H](O)[C@H](C)[C@H]3O[C@@H]3O[C@H](C)[C@@H](O)C(N(C)C)C3O)Cc3ccc(I)cc3)nn2)cc1. The van der Waals surface area contributed by atoms with E-state index >= 15 is 0 Å². The number of nitrogens with zero attached hydrogens (tertiary/aromatic N) is 5. The second-order valence-electron chi connectivity index (χ2n) is 19.4. The highest BCUT2D eigenvalue weighted by molar-refractivity contribution is 14.1. The fourth-order valence-corrected chi connectivity index (χ4v) is 9.89. The molecule has 5 rings (SSSR count). The zero-order chi connectivity index (χ0) is 49.5. The third-order valence-corrected chi connectivity index (χ3v) is 14.5. The number of halogens is 1. The predicted molar refractivity (Wildman–Crippen MR) is 272 cm³/mol. The van der Waals surface area contributed by atoms with Gasteiger partial charge in [-0.25, -0.2) is 0 Å². The molecule has 1 aromatic heterocycles. The van der Waals surface area contributed by atoms with Crippen molar-refractivity contribution in [3.05, 3.63) is 93.2 Å². The number of aryl methyl sites for hydroxylation is 1. The van der Waals surface area contributed by atoms with Crippen LogP contribution in [0.2, 0.25) is 0 Å². The Labute approximate surface area is 418 Å². The molecule has 2 aliphatic heterocycles. The first-order valence-corrected chi connectivity index (χ1v) is 25.8. The molecular formula is C53H78IN5O9. The molecule has 14 nitrogen and oxygen atoms in total. The van der Waals surface area contributed by atoms with Crippen LogP contribution in [0.4, 0.5) is 0 Å². The number of ether oxygens (including phenoxy) is 3. The van der Waals surface area contributed by atoms with E-state index in [9.17, 15) is 30.0 Å². The van der Waals surface area contributed by atoms with Crippen molar-refractivity contribution in [2.24, 2.45) is 23.7 Å². The number of aromatic nitrogens is 3. The normalized spacial score (nSPS) is 30.3. The maximum Gasteiger partial charge on any atom is 0.308 e. The number of hydrogen-bond donors (Lipinski definition) is 4.